The lowest BCUT2D eigenvalue weighted by atomic mass is 10.1. The molecule has 0 saturated heterocycles. The average molecular weight is 291 g/mol. The summed E-state index contributed by atoms with van der Waals surface area (Å²) >= 11 is 1.77. The third kappa shape index (κ3) is 10.2. The van der Waals surface area contributed by atoms with Crippen molar-refractivity contribution in [2.75, 3.05) is 18.1 Å². The minimum Gasteiger partial charge on any atom is -0.480 e. The lowest BCUT2D eigenvalue weighted by Gasteiger charge is -2.14. The molecular formula is C11H21N3O4S. The maximum absolute atomic E-state index is 11.4. The molecule has 0 aliphatic carbocycles. The zero-order valence-electron chi connectivity index (χ0n) is 11.0. The van der Waals surface area contributed by atoms with E-state index < -0.39 is 23.9 Å². The van der Waals surface area contributed by atoms with Crippen LogP contribution in [0.2, 0.25) is 0 Å². The molecule has 3 amide bonds. The van der Waals surface area contributed by atoms with Gasteiger partial charge in [-0.05, 0) is 24.3 Å². The van der Waals surface area contributed by atoms with Crippen molar-refractivity contribution in [2.24, 2.45) is 5.73 Å². The van der Waals surface area contributed by atoms with E-state index in [0.29, 0.717) is 6.54 Å². The van der Waals surface area contributed by atoms with Crippen molar-refractivity contribution < 1.29 is 19.5 Å². The van der Waals surface area contributed by atoms with Crippen molar-refractivity contribution in [2.45, 2.75) is 32.2 Å². The van der Waals surface area contributed by atoms with E-state index in [1.54, 1.807) is 11.8 Å². The number of carboxylic acid groups (broad SMARTS) is 1. The standard InChI is InChI=1S/C11H21N3O4S/c1-2-19-7-3-6-13-11(18)14-8(10(16)17)4-5-9(12)15/h8H,2-7H2,1H3,(H2,12,15)(H,16,17)(H2,13,14,18). The summed E-state index contributed by atoms with van der Waals surface area (Å²) in [6.45, 7) is 2.54. The second-order valence-corrected chi connectivity index (χ2v) is 5.24. The molecule has 0 aromatic heterocycles. The van der Waals surface area contributed by atoms with Crippen molar-refractivity contribution in [3.05, 3.63) is 0 Å². The number of aliphatic carboxylic acids is 1. The summed E-state index contributed by atoms with van der Waals surface area (Å²) in [6, 6.07) is -1.64. The lowest BCUT2D eigenvalue weighted by molar-refractivity contribution is -0.139. The Hall–Kier alpha value is -1.44. The molecule has 0 bridgehead atoms. The summed E-state index contributed by atoms with van der Waals surface area (Å²) in [6.07, 6.45) is 0.735. The molecule has 19 heavy (non-hydrogen) atoms. The number of nitrogens with one attached hydrogen (secondary N) is 2. The third-order valence-electron chi connectivity index (χ3n) is 2.24. The highest BCUT2D eigenvalue weighted by molar-refractivity contribution is 7.99. The first-order valence-electron chi connectivity index (χ1n) is 6.10. The predicted molar refractivity (Wildman–Crippen MR) is 74.0 cm³/mol. The van der Waals surface area contributed by atoms with Gasteiger partial charge < -0.3 is 21.5 Å². The van der Waals surface area contributed by atoms with E-state index in [1.165, 1.54) is 0 Å². The molecule has 0 rings (SSSR count). The van der Waals surface area contributed by atoms with Crippen LogP contribution in [0, 0.1) is 0 Å². The average Bonchev–Trinajstić information content (AvgIpc) is 2.33. The maximum atomic E-state index is 11.4. The van der Waals surface area contributed by atoms with Crippen molar-refractivity contribution >= 4 is 29.7 Å². The molecule has 0 aliphatic rings. The van der Waals surface area contributed by atoms with Crippen molar-refractivity contribution in [3.63, 3.8) is 0 Å². The number of carbonyl (C=O) groups excluding carboxylic acids is 2. The lowest BCUT2D eigenvalue weighted by Crippen LogP contribution is -2.46. The van der Waals surface area contributed by atoms with Crippen LogP contribution in [0.1, 0.15) is 26.2 Å². The zero-order valence-corrected chi connectivity index (χ0v) is 11.8. The molecule has 0 spiro atoms. The van der Waals surface area contributed by atoms with Gasteiger partial charge in [-0.15, -0.1) is 0 Å². The van der Waals surface area contributed by atoms with Gasteiger partial charge in [-0.2, -0.15) is 11.8 Å². The minimum atomic E-state index is -1.18. The van der Waals surface area contributed by atoms with Crippen LogP contribution in [0.15, 0.2) is 0 Å². The van der Waals surface area contributed by atoms with Crippen LogP contribution >= 0.6 is 11.8 Å². The van der Waals surface area contributed by atoms with E-state index in [2.05, 4.69) is 17.6 Å². The van der Waals surface area contributed by atoms with Crippen molar-refractivity contribution in [1.29, 1.82) is 0 Å². The largest absolute Gasteiger partial charge is 0.480 e. The van der Waals surface area contributed by atoms with Crippen LogP contribution in [-0.2, 0) is 9.59 Å². The summed E-state index contributed by atoms with van der Waals surface area (Å²) in [4.78, 5) is 32.9. The highest BCUT2D eigenvalue weighted by Crippen LogP contribution is 2.00. The van der Waals surface area contributed by atoms with Crippen LogP contribution in [0.4, 0.5) is 4.79 Å². The quantitative estimate of drug-likeness (QED) is 0.427. The van der Waals surface area contributed by atoms with Crippen LogP contribution in [0.5, 0.6) is 0 Å². The molecular weight excluding hydrogens is 270 g/mol. The number of urea groups is 1. The summed E-state index contributed by atoms with van der Waals surface area (Å²) in [7, 11) is 0. The van der Waals surface area contributed by atoms with E-state index in [9.17, 15) is 14.4 Å². The molecule has 0 aromatic carbocycles. The van der Waals surface area contributed by atoms with Gasteiger partial charge >= 0.3 is 12.0 Å². The summed E-state index contributed by atoms with van der Waals surface area (Å²) in [5, 5.41) is 13.7. The predicted octanol–water partition coefficient (Wildman–Crippen LogP) is 0.148. The Morgan fingerprint density at radius 3 is 2.58 bits per heavy atom. The van der Waals surface area contributed by atoms with Gasteiger partial charge in [0.25, 0.3) is 0 Å². The van der Waals surface area contributed by atoms with Gasteiger partial charge in [0.05, 0.1) is 0 Å². The van der Waals surface area contributed by atoms with Crippen LogP contribution < -0.4 is 16.4 Å². The Morgan fingerprint density at radius 1 is 1.37 bits per heavy atom. The summed E-state index contributed by atoms with van der Waals surface area (Å²) in [5.41, 5.74) is 4.94. The normalized spacial score (nSPS) is 11.6. The van der Waals surface area contributed by atoms with Gasteiger partial charge in [0.2, 0.25) is 5.91 Å². The first-order valence-corrected chi connectivity index (χ1v) is 7.26. The Labute approximate surface area is 116 Å². The van der Waals surface area contributed by atoms with Gasteiger partial charge in [-0.3, -0.25) is 4.79 Å². The zero-order chi connectivity index (χ0) is 14.7. The van der Waals surface area contributed by atoms with Crippen LogP contribution in [-0.4, -0.2) is 47.1 Å². The fourth-order valence-electron chi connectivity index (χ4n) is 1.27. The van der Waals surface area contributed by atoms with Crippen LogP contribution in [0.25, 0.3) is 0 Å². The molecule has 0 radical (unpaired) electrons. The highest BCUT2D eigenvalue weighted by Gasteiger charge is 2.20. The number of carboxylic acids is 1. The van der Waals surface area contributed by atoms with E-state index in [0.717, 1.165) is 17.9 Å². The molecule has 8 heteroatoms. The fraction of sp³-hybridized carbons (Fsp3) is 0.727. The molecule has 110 valence electrons. The maximum Gasteiger partial charge on any atom is 0.326 e. The molecule has 1 atom stereocenters. The van der Waals surface area contributed by atoms with Gasteiger partial charge in [0.15, 0.2) is 0 Å². The van der Waals surface area contributed by atoms with Gasteiger partial charge in [-0.1, -0.05) is 6.92 Å². The SMILES string of the molecule is CCSCCCNC(=O)NC(CCC(N)=O)C(=O)O. The molecule has 0 saturated carbocycles. The number of amides is 3. The Morgan fingerprint density at radius 2 is 2.05 bits per heavy atom. The number of hydrogen-bond donors (Lipinski definition) is 4. The third-order valence-corrected chi connectivity index (χ3v) is 3.22. The molecule has 0 heterocycles. The topological polar surface area (TPSA) is 122 Å². The van der Waals surface area contributed by atoms with Crippen molar-refractivity contribution in [3.8, 4) is 0 Å². The number of thioether (sulfide) groups is 1. The second kappa shape index (κ2) is 10.5. The Bertz CT molecular complexity index is 312. The Kier molecular flexibility index (Phi) is 9.69. The highest BCUT2D eigenvalue weighted by atomic mass is 32.2. The Balaban J connectivity index is 3.90. The molecule has 0 fully saturated rings. The second-order valence-electron chi connectivity index (χ2n) is 3.85. The van der Waals surface area contributed by atoms with E-state index in [4.69, 9.17) is 10.8 Å². The van der Waals surface area contributed by atoms with Gasteiger partial charge in [0, 0.05) is 13.0 Å². The first kappa shape index (κ1) is 17.6. The monoisotopic (exact) mass is 291 g/mol. The number of hydrogen-bond acceptors (Lipinski definition) is 4. The van der Waals surface area contributed by atoms with E-state index >= 15 is 0 Å². The van der Waals surface area contributed by atoms with E-state index in [-0.39, 0.29) is 12.8 Å². The number of nitrogens with two attached hydrogens (primary N) is 1. The number of rotatable bonds is 10. The molecule has 1 unspecified atom stereocenters. The summed E-state index contributed by atoms with van der Waals surface area (Å²) < 4.78 is 0. The molecule has 5 N–H and O–H groups in total. The van der Waals surface area contributed by atoms with E-state index in [1.807, 2.05) is 0 Å². The smallest absolute Gasteiger partial charge is 0.326 e. The summed E-state index contributed by atoms with van der Waals surface area (Å²) in [5.74, 6) is 0.198. The number of carbonyl (C=O) groups is 3. The molecule has 0 aromatic rings. The van der Waals surface area contributed by atoms with Crippen molar-refractivity contribution in [1.82, 2.24) is 10.6 Å². The van der Waals surface area contributed by atoms with Gasteiger partial charge in [0.1, 0.15) is 6.04 Å². The number of primary amides is 1. The molecule has 0 aliphatic heterocycles. The minimum absolute atomic E-state index is 0.0101. The molecule has 7 nitrogen and oxygen atoms in total. The fourth-order valence-corrected chi connectivity index (χ4v) is 1.91. The first-order chi connectivity index (χ1) is 8.97. The van der Waals surface area contributed by atoms with Crippen LogP contribution in [0.3, 0.4) is 0 Å². The van der Waals surface area contributed by atoms with Gasteiger partial charge in [-0.25, -0.2) is 9.59 Å².